The fourth-order valence-electron chi connectivity index (χ4n) is 7.46. The molecule has 0 saturated heterocycles. The Morgan fingerprint density at radius 1 is 0.415 bits per heavy atom. The quantitative estimate of drug-likeness (QED) is 0.179. The summed E-state index contributed by atoms with van der Waals surface area (Å²) in [7, 11) is 0. The van der Waals surface area contributed by atoms with Crippen LogP contribution < -0.4 is 0 Å². The normalized spacial score (nSPS) is 13.1. The maximum Gasteiger partial charge on any atom is 0.122 e. The second-order valence-electron chi connectivity index (χ2n) is 19.5. The molecule has 0 amide bonds. The van der Waals surface area contributed by atoms with Gasteiger partial charge in [-0.15, -0.1) is 0 Å². The number of hydrogen-bond donors (Lipinski definition) is 2. The van der Waals surface area contributed by atoms with Crippen LogP contribution in [0.1, 0.15) is 161 Å². The predicted molar refractivity (Wildman–Crippen MR) is 228 cm³/mol. The standard InChI is InChI=1S/C50H66O3/c1-31-21-35(29-37-23-33(3)27-43(45(37)51)49(11,12)13)39(41(25-31)47(5,6)7)17-19-53-20-18-40-36(22-32(2)26-42(40)48(8,9)10)30-38-24-34(4)28-44(46(38)52)50(14,15)16/h17-28,51-52H,29-30H2,1-16H3. The van der Waals surface area contributed by atoms with Gasteiger partial charge >= 0.3 is 0 Å². The fourth-order valence-corrected chi connectivity index (χ4v) is 7.46. The minimum absolute atomic E-state index is 0.103. The van der Waals surface area contributed by atoms with Gasteiger partial charge < -0.3 is 14.9 Å². The zero-order valence-electron chi connectivity index (χ0n) is 35.6. The first-order valence-electron chi connectivity index (χ1n) is 19.2. The summed E-state index contributed by atoms with van der Waals surface area (Å²) >= 11 is 0. The molecule has 0 saturated carbocycles. The van der Waals surface area contributed by atoms with Crippen LogP contribution in [0.15, 0.2) is 61.1 Å². The molecule has 4 aromatic carbocycles. The lowest BCUT2D eigenvalue weighted by Crippen LogP contribution is -2.15. The molecule has 0 aliphatic carbocycles. The van der Waals surface area contributed by atoms with Crippen LogP contribution in [0.25, 0.3) is 12.2 Å². The van der Waals surface area contributed by atoms with Crippen LogP contribution in [0.4, 0.5) is 0 Å². The molecule has 4 rings (SSSR count). The summed E-state index contributed by atoms with van der Waals surface area (Å²) in [6, 6.07) is 17.5. The van der Waals surface area contributed by atoms with E-state index in [0.717, 1.165) is 55.6 Å². The fraction of sp³-hybridized carbons (Fsp3) is 0.440. The van der Waals surface area contributed by atoms with Crippen molar-refractivity contribution >= 4 is 12.2 Å². The van der Waals surface area contributed by atoms with E-state index in [1.54, 1.807) is 12.5 Å². The smallest absolute Gasteiger partial charge is 0.122 e. The second-order valence-corrected chi connectivity index (χ2v) is 19.5. The van der Waals surface area contributed by atoms with Gasteiger partial charge in [-0.3, -0.25) is 0 Å². The highest BCUT2D eigenvalue weighted by molar-refractivity contribution is 5.64. The zero-order valence-corrected chi connectivity index (χ0v) is 35.6. The summed E-state index contributed by atoms with van der Waals surface area (Å²) in [5.74, 6) is 0.765. The lowest BCUT2D eigenvalue weighted by atomic mass is 9.79. The molecule has 0 aliphatic heterocycles. The minimum Gasteiger partial charge on any atom is -0.507 e. The SMILES string of the molecule is Cc1cc(Cc2cc(C)cc(C(C)(C)C)c2C=COC=Cc2c(Cc3cc(C)cc(C(C)(C)C)c3O)cc(C)cc2C(C)(C)C)c(O)c(C(C)(C)C)c1. The number of aryl methyl sites for hydroxylation is 4. The van der Waals surface area contributed by atoms with E-state index in [1.807, 2.05) is 0 Å². The Labute approximate surface area is 321 Å². The van der Waals surface area contributed by atoms with Crippen LogP contribution in [-0.4, -0.2) is 10.2 Å². The molecule has 0 fully saturated rings. The summed E-state index contributed by atoms with van der Waals surface area (Å²) in [6.45, 7) is 34.9. The molecule has 53 heavy (non-hydrogen) atoms. The number of phenols is 2. The van der Waals surface area contributed by atoms with Gasteiger partial charge in [-0.25, -0.2) is 0 Å². The van der Waals surface area contributed by atoms with Crippen LogP contribution in [0.5, 0.6) is 11.5 Å². The lowest BCUT2D eigenvalue weighted by molar-refractivity contribution is 0.410. The second kappa shape index (κ2) is 15.2. The number of phenolic OH excluding ortho intramolecular Hbond substituents is 2. The maximum atomic E-state index is 11.5. The number of benzene rings is 4. The predicted octanol–water partition coefficient (Wildman–Crippen LogP) is 13.4. The van der Waals surface area contributed by atoms with Crippen molar-refractivity contribution in [1.82, 2.24) is 0 Å². The van der Waals surface area contributed by atoms with E-state index in [4.69, 9.17) is 4.74 Å². The van der Waals surface area contributed by atoms with Crippen molar-refractivity contribution in [3.8, 4) is 11.5 Å². The first-order valence-corrected chi connectivity index (χ1v) is 19.2. The van der Waals surface area contributed by atoms with Crippen LogP contribution in [-0.2, 0) is 39.2 Å². The first kappa shape index (κ1) is 41.5. The molecule has 0 aliphatic rings. The zero-order chi connectivity index (χ0) is 39.8. The van der Waals surface area contributed by atoms with E-state index >= 15 is 0 Å². The number of aromatic hydroxyl groups is 2. The Balaban J connectivity index is 1.77. The minimum atomic E-state index is -0.170. The van der Waals surface area contributed by atoms with E-state index in [-0.39, 0.29) is 21.7 Å². The van der Waals surface area contributed by atoms with Gasteiger partial charge in [0.15, 0.2) is 0 Å². The molecule has 2 N–H and O–H groups in total. The van der Waals surface area contributed by atoms with Gasteiger partial charge in [-0.05, 0) is 117 Å². The van der Waals surface area contributed by atoms with Gasteiger partial charge in [0.1, 0.15) is 11.5 Å². The summed E-state index contributed by atoms with van der Waals surface area (Å²) in [5, 5.41) is 23.0. The molecular formula is C50H66O3. The Kier molecular flexibility index (Phi) is 11.9. The van der Waals surface area contributed by atoms with Crippen molar-refractivity contribution in [2.75, 3.05) is 0 Å². The summed E-state index contributed by atoms with van der Waals surface area (Å²) in [4.78, 5) is 0. The molecular weight excluding hydrogens is 649 g/mol. The summed E-state index contributed by atoms with van der Waals surface area (Å²) in [6.07, 6.45) is 8.95. The molecule has 284 valence electrons. The highest BCUT2D eigenvalue weighted by atomic mass is 16.5. The van der Waals surface area contributed by atoms with E-state index in [0.29, 0.717) is 24.3 Å². The van der Waals surface area contributed by atoms with Crippen molar-refractivity contribution in [1.29, 1.82) is 0 Å². The largest absolute Gasteiger partial charge is 0.507 e. The van der Waals surface area contributed by atoms with Crippen molar-refractivity contribution in [3.05, 3.63) is 139 Å². The highest BCUT2D eigenvalue weighted by Gasteiger charge is 2.25. The van der Waals surface area contributed by atoms with Gasteiger partial charge in [0.05, 0.1) is 12.5 Å². The molecule has 0 spiro atoms. The van der Waals surface area contributed by atoms with E-state index in [9.17, 15) is 10.2 Å². The van der Waals surface area contributed by atoms with Crippen LogP contribution >= 0.6 is 0 Å². The van der Waals surface area contributed by atoms with Crippen molar-refractivity contribution in [3.63, 3.8) is 0 Å². The Morgan fingerprint density at radius 2 is 0.679 bits per heavy atom. The molecule has 4 aromatic rings. The Bertz CT molecular complexity index is 1880. The molecule has 0 heterocycles. The van der Waals surface area contributed by atoms with E-state index in [2.05, 4.69) is 171 Å². The Hall–Kier alpha value is -4.24. The number of ether oxygens (including phenoxy) is 1. The molecule has 3 nitrogen and oxygen atoms in total. The van der Waals surface area contributed by atoms with Crippen molar-refractivity contribution in [2.45, 2.75) is 145 Å². The number of hydrogen-bond acceptors (Lipinski definition) is 3. The van der Waals surface area contributed by atoms with Gasteiger partial charge in [0.2, 0.25) is 0 Å². The summed E-state index contributed by atoms with van der Waals surface area (Å²) in [5.41, 5.74) is 15.0. The van der Waals surface area contributed by atoms with Crippen LogP contribution in [0.3, 0.4) is 0 Å². The van der Waals surface area contributed by atoms with E-state index < -0.39 is 0 Å². The topological polar surface area (TPSA) is 49.7 Å². The average Bonchev–Trinajstić information content (AvgIpc) is 2.99. The van der Waals surface area contributed by atoms with Crippen molar-refractivity contribution in [2.24, 2.45) is 0 Å². The third kappa shape index (κ3) is 10.0. The van der Waals surface area contributed by atoms with Crippen LogP contribution in [0.2, 0.25) is 0 Å². The summed E-state index contributed by atoms with van der Waals surface area (Å²) < 4.78 is 6.20. The molecule has 3 heteroatoms. The third-order valence-electron chi connectivity index (χ3n) is 10.1. The average molecular weight is 715 g/mol. The molecule has 0 radical (unpaired) electrons. The molecule has 0 bridgehead atoms. The molecule has 0 unspecified atom stereocenters. The van der Waals surface area contributed by atoms with E-state index in [1.165, 1.54) is 22.3 Å². The number of rotatable bonds is 8. The van der Waals surface area contributed by atoms with Gasteiger partial charge in [-0.1, -0.05) is 154 Å². The van der Waals surface area contributed by atoms with Gasteiger partial charge in [0, 0.05) is 12.8 Å². The van der Waals surface area contributed by atoms with Gasteiger partial charge in [-0.2, -0.15) is 0 Å². The first-order chi connectivity index (χ1) is 24.3. The lowest BCUT2D eigenvalue weighted by Gasteiger charge is -2.26. The Morgan fingerprint density at radius 3 is 0.962 bits per heavy atom. The molecule has 0 aromatic heterocycles. The van der Waals surface area contributed by atoms with Crippen molar-refractivity contribution < 1.29 is 14.9 Å². The van der Waals surface area contributed by atoms with Crippen LogP contribution in [0, 0.1) is 27.7 Å². The maximum absolute atomic E-state index is 11.5. The molecule has 0 atom stereocenters. The van der Waals surface area contributed by atoms with Gasteiger partial charge in [0.25, 0.3) is 0 Å². The third-order valence-corrected chi connectivity index (χ3v) is 10.1. The monoisotopic (exact) mass is 715 g/mol. The highest BCUT2D eigenvalue weighted by Crippen LogP contribution is 2.39.